The number of ether oxygens (including phenoxy) is 1. The van der Waals surface area contributed by atoms with Crippen LogP contribution in [0, 0.1) is 29.5 Å². The van der Waals surface area contributed by atoms with E-state index in [2.05, 4.69) is 15.0 Å². The summed E-state index contributed by atoms with van der Waals surface area (Å²) in [4.78, 5) is 16.4. The molecule has 0 unspecified atom stereocenters. The Bertz CT molecular complexity index is 1050. The number of rotatable bonds is 7. The lowest BCUT2D eigenvalue weighted by Gasteiger charge is -2.25. The van der Waals surface area contributed by atoms with Crippen LogP contribution in [-0.2, 0) is 4.74 Å². The van der Waals surface area contributed by atoms with E-state index in [-0.39, 0.29) is 16.9 Å². The number of nitrogens with one attached hydrogen (secondary N) is 2. The summed E-state index contributed by atoms with van der Waals surface area (Å²) in [5, 5.41) is 18.2. The molecular weight excluding hydrogens is 437 g/mol. The van der Waals surface area contributed by atoms with Crippen LogP contribution in [-0.4, -0.2) is 35.9 Å². The van der Waals surface area contributed by atoms with Crippen molar-refractivity contribution in [3.05, 3.63) is 58.7 Å². The van der Waals surface area contributed by atoms with Gasteiger partial charge in [-0.05, 0) is 42.3 Å². The van der Waals surface area contributed by atoms with Crippen LogP contribution >= 0.6 is 0 Å². The molecular formula is C20H18F5N5O2. The Morgan fingerprint density at radius 2 is 2.06 bits per heavy atom. The molecule has 1 aromatic heterocycles. The number of nitriles is 1. The van der Waals surface area contributed by atoms with Gasteiger partial charge in [0.25, 0.3) is 11.9 Å². The third-order valence-electron chi connectivity index (χ3n) is 4.44. The summed E-state index contributed by atoms with van der Waals surface area (Å²) < 4.78 is 71.6. The number of amidine groups is 1. The fraction of sp³-hybridized carbons (Fsp3) is 0.300. The van der Waals surface area contributed by atoms with Crippen molar-refractivity contribution in [2.24, 2.45) is 5.73 Å². The summed E-state index contributed by atoms with van der Waals surface area (Å²) in [6, 6.07) is 5.13. The summed E-state index contributed by atoms with van der Waals surface area (Å²) in [6.07, 6.45) is -7.45. The molecule has 0 bridgehead atoms. The number of carbonyl (C=O) groups is 1. The van der Waals surface area contributed by atoms with Crippen molar-refractivity contribution in [2.45, 2.75) is 31.5 Å². The van der Waals surface area contributed by atoms with Crippen LogP contribution in [0.4, 0.5) is 27.6 Å². The lowest BCUT2D eigenvalue weighted by Crippen LogP contribution is -2.37. The van der Waals surface area contributed by atoms with Crippen molar-refractivity contribution in [3.8, 4) is 6.07 Å². The third kappa shape index (κ3) is 6.13. The minimum Gasteiger partial charge on any atom is -0.453 e. The summed E-state index contributed by atoms with van der Waals surface area (Å²) >= 11 is 0. The van der Waals surface area contributed by atoms with Crippen LogP contribution in [0.15, 0.2) is 30.5 Å². The average molecular weight is 455 g/mol. The van der Waals surface area contributed by atoms with Gasteiger partial charge in [-0.2, -0.15) is 18.4 Å². The van der Waals surface area contributed by atoms with Crippen molar-refractivity contribution >= 4 is 17.6 Å². The molecule has 2 atom stereocenters. The molecule has 1 heterocycles. The quantitative estimate of drug-likeness (QED) is 0.331. The number of carbonyl (C=O) groups excluding carboxylic acids is 1. The normalized spacial score (nSPS) is 13.0. The van der Waals surface area contributed by atoms with Crippen LogP contribution in [0.1, 0.15) is 39.5 Å². The smallest absolute Gasteiger partial charge is 0.425 e. The molecule has 1 amide bonds. The lowest BCUT2D eigenvalue weighted by atomic mass is 9.93. The molecule has 0 spiro atoms. The van der Waals surface area contributed by atoms with Crippen molar-refractivity contribution in [1.29, 1.82) is 10.7 Å². The van der Waals surface area contributed by atoms with Crippen LogP contribution in [0.25, 0.3) is 0 Å². The molecule has 0 saturated carbocycles. The van der Waals surface area contributed by atoms with E-state index in [4.69, 9.17) is 16.4 Å². The molecule has 7 nitrogen and oxygen atoms in total. The summed E-state index contributed by atoms with van der Waals surface area (Å²) in [6.45, 7) is 0.183. The Labute approximate surface area is 179 Å². The fourth-order valence-corrected chi connectivity index (χ4v) is 2.93. The first-order chi connectivity index (χ1) is 15.0. The van der Waals surface area contributed by atoms with Gasteiger partial charge in [0.1, 0.15) is 17.6 Å². The SMILES string of the molecule is Cc1cc(C#N)cnc1C(=O)Nc1ccc(F)c([C@H](CF)C[C@H](OC(=N)N)C(F)(F)F)c1. The van der Waals surface area contributed by atoms with E-state index in [0.717, 1.165) is 18.2 Å². The van der Waals surface area contributed by atoms with Crippen molar-refractivity contribution in [1.82, 2.24) is 4.98 Å². The number of halogens is 5. The number of aromatic nitrogens is 1. The van der Waals surface area contributed by atoms with Gasteiger partial charge in [0.15, 0.2) is 6.10 Å². The maximum atomic E-state index is 14.3. The minimum atomic E-state index is -4.97. The van der Waals surface area contributed by atoms with Gasteiger partial charge in [0.05, 0.1) is 12.2 Å². The van der Waals surface area contributed by atoms with Gasteiger partial charge in [-0.15, -0.1) is 0 Å². The van der Waals surface area contributed by atoms with Crippen molar-refractivity contribution in [3.63, 3.8) is 0 Å². The molecule has 170 valence electrons. The Kier molecular flexibility index (Phi) is 7.69. The van der Waals surface area contributed by atoms with Crippen LogP contribution < -0.4 is 11.1 Å². The number of aryl methyl sites for hydroxylation is 1. The van der Waals surface area contributed by atoms with Crippen molar-refractivity contribution in [2.75, 3.05) is 12.0 Å². The van der Waals surface area contributed by atoms with Gasteiger partial charge in [-0.1, -0.05) is 0 Å². The molecule has 0 aliphatic carbocycles. The zero-order valence-electron chi connectivity index (χ0n) is 16.6. The van der Waals surface area contributed by atoms with Crippen LogP contribution in [0.5, 0.6) is 0 Å². The van der Waals surface area contributed by atoms with E-state index in [1.54, 1.807) is 6.92 Å². The Balaban J connectivity index is 2.29. The van der Waals surface area contributed by atoms with Crippen LogP contribution in [0.3, 0.4) is 0 Å². The molecule has 0 saturated heterocycles. The summed E-state index contributed by atoms with van der Waals surface area (Å²) in [5.74, 6) is -3.29. The highest BCUT2D eigenvalue weighted by Crippen LogP contribution is 2.34. The topological polar surface area (TPSA) is 125 Å². The van der Waals surface area contributed by atoms with Crippen LogP contribution in [0.2, 0.25) is 0 Å². The third-order valence-corrected chi connectivity index (χ3v) is 4.44. The second kappa shape index (κ2) is 10.0. The largest absolute Gasteiger partial charge is 0.453 e. The number of alkyl halides is 4. The number of amides is 1. The zero-order chi connectivity index (χ0) is 24.1. The molecule has 2 aromatic rings. The van der Waals surface area contributed by atoms with Crippen molar-refractivity contribution < 1.29 is 31.5 Å². The first-order valence-corrected chi connectivity index (χ1v) is 9.07. The van der Waals surface area contributed by atoms with E-state index in [9.17, 15) is 26.7 Å². The molecule has 2 rings (SSSR count). The lowest BCUT2D eigenvalue weighted by molar-refractivity contribution is -0.202. The molecule has 0 aliphatic heterocycles. The molecule has 12 heteroatoms. The minimum absolute atomic E-state index is 0.00791. The highest BCUT2D eigenvalue weighted by molar-refractivity contribution is 6.03. The maximum absolute atomic E-state index is 14.3. The van der Waals surface area contributed by atoms with Gasteiger partial charge in [0, 0.05) is 24.2 Å². The number of anilines is 1. The van der Waals surface area contributed by atoms with E-state index in [0.29, 0.717) is 5.56 Å². The Hall–Kier alpha value is -3.75. The van der Waals surface area contributed by atoms with Gasteiger partial charge in [-0.3, -0.25) is 14.6 Å². The summed E-state index contributed by atoms with van der Waals surface area (Å²) in [5.41, 5.74) is 5.04. The number of hydrogen-bond donors (Lipinski definition) is 3. The molecule has 0 fully saturated rings. The number of pyridine rings is 1. The highest BCUT2D eigenvalue weighted by atomic mass is 19.4. The predicted molar refractivity (Wildman–Crippen MR) is 104 cm³/mol. The van der Waals surface area contributed by atoms with E-state index in [1.807, 2.05) is 6.07 Å². The van der Waals surface area contributed by atoms with Gasteiger partial charge in [-0.25, -0.2) is 9.37 Å². The number of hydrogen-bond acceptors (Lipinski definition) is 5. The molecule has 0 radical (unpaired) electrons. The second-order valence-electron chi connectivity index (χ2n) is 6.79. The first-order valence-electron chi connectivity index (χ1n) is 9.07. The molecule has 0 aliphatic rings. The van der Waals surface area contributed by atoms with E-state index < -0.39 is 54.6 Å². The predicted octanol–water partition coefficient (Wildman–Crippen LogP) is 3.94. The summed E-state index contributed by atoms with van der Waals surface area (Å²) in [7, 11) is 0. The maximum Gasteiger partial charge on any atom is 0.425 e. The Morgan fingerprint density at radius 3 is 2.59 bits per heavy atom. The average Bonchev–Trinajstić information content (AvgIpc) is 2.71. The molecule has 1 aromatic carbocycles. The number of nitrogens with zero attached hydrogens (tertiary/aromatic N) is 2. The number of benzene rings is 1. The van der Waals surface area contributed by atoms with Gasteiger partial charge < -0.3 is 15.8 Å². The zero-order valence-corrected chi connectivity index (χ0v) is 16.6. The van der Waals surface area contributed by atoms with Gasteiger partial charge in [0.2, 0.25) is 0 Å². The monoisotopic (exact) mass is 455 g/mol. The first kappa shape index (κ1) is 24.5. The van der Waals surface area contributed by atoms with E-state index in [1.165, 1.54) is 12.3 Å². The Morgan fingerprint density at radius 1 is 1.38 bits per heavy atom. The number of nitrogens with two attached hydrogens (primary N) is 1. The molecule has 32 heavy (non-hydrogen) atoms. The van der Waals surface area contributed by atoms with E-state index >= 15 is 0 Å². The highest BCUT2D eigenvalue weighted by Gasteiger charge is 2.44. The van der Waals surface area contributed by atoms with Gasteiger partial charge >= 0.3 is 6.18 Å². The molecule has 4 N–H and O–H groups in total. The fourth-order valence-electron chi connectivity index (χ4n) is 2.93. The second-order valence-corrected chi connectivity index (χ2v) is 6.79. The standard InChI is InChI=1S/C20H18F5N5O2/c1-10-4-11(8-26)9-29-17(10)18(31)30-13-2-3-15(22)14(6-13)12(7-21)5-16(20(23,24)25)32-19(27)28/h2-4,6,9,12,16H,5,7H2,1H3,(H3,27,28)(H,30,31)/t12-,16-/m0/s1.